The molecule has 3 rings (SSSR count). The van der Waals surface area contributed by atoms with E-state index < -0.39 is 11.9 Å². The van der Waals surface area contributed by atoms with Gasteiger partial charge >= 0.3 is 5.97 Å². The molecule has 2 aromatic rings. The Morgan fingerprint density at radius 3 is 2.86 bits per heavy atom. The molecule has 110 valence electrons. The molecule has 5 heteroatoms. The Labute approximate surface area is 123 Å². The number of allylic oxidation sites excluding steroid dienone is 2. The molecule has 0 saturated heterocycles. The number of hydrogen-bond donors (Lipinski definition) is 1. The second kappa shape index (κ2) is 5.31. The van der Waals surface area contributed by atoms with Crippen molar-refractivity contribution in [2.75, 3.05) is 0 Å². The van der Waals surface area contributed by atoms with Gasteiger partial charge in [-0.1, -0.05) is 12.2 Å². The van der Waals surface area contributed by atoms with Crippen molar-refractivity contribution in [1.82, 2.24) is 14.5 Å². The Morgan fingerprint density at radius 2 is 2.14 bits per heavy atom. The van der Waals surface area contributed by atoms with Crippen LogP contribution < -0.4 is 0 Å². The molecule has 2 heterocycles. The second-order valence-electron chi connectivity index (χ2n) is 5.77. The number of rotatable bonds is 3. The smallest absolute Gasteiger partial charge is 0.307 e. The van der Waals surface area contributed by atoms with Crippen molar-refractivity contribution in [2.45, 2.75) is 38.6 Å². The Morgan fingerprint density at radius 1 is 1.38 bits per heavy atom. The first-order valence-electron chi connectivity index (χ1n) is 7.30. The van der Waals surface area contributed by atoms with Gasteiger partial charge in [0.2, 0.25) is 0 Å². The number of nitrogens with zero attached hydrogens (tertiary/aromatic N) is 3. The quantitative estimate of drug-likeness (QED) is 0.880. The standard InChI is InChI=1S/C16H19N3O2/c1-10(2)19-14(18-13-8-5-9-17-15(13)19)11-6-3-4-7-12(11)16(20)21/h3-5,8-12H,6-7H2,1-2H3,(H,20,21). The van der Waals surface area contributed by atoms with Gasteiger partial charge in [-0.25, -0.2) is 9.97 Å². The van der Waals surface area contributed by atoms with Gasteiger partial charge in [0.05, 0.1) is 5.92 Å². The number of carboxylic acid groups (broad SMARTS) is 1. The number of aliphatic carboxylic acids is 1. The molecule has 1 aliphatic rings. The minimum atomic E-state index is -0.750. The van der Waals surface area contributed by atoms with E-state index in [1.54, 1.807) is 6.20 Å². The van der Waals surface area contributed by atoms with Gasteiger partial charge in [-0.3, -0.25) is 4.79 Å². The maximum absolute atomic E-state index is 11.5. The van der Waals surface area contributed by atoms with Gasteiger partial charge < -0.3 is 9.67 Å². The molecule has 0 amide bonds. The Bertz CT molecular complexity index is 703. The lowest BCUT2D eigenvalue weighted by atomic mass is 9.82. The summed E-state index contributed by atoms with van der Waals surface area (Å²) in [6.07, 6.45) is 7.04. The zero-order valence-corrected chi connectivity index (χ0v) is 12.2. The number of carbonyl (C=O) groups is 1. The molecule has 0 aliphatic heterocycles. The minimum Gasteiger partial charge on any atom is -0.481 e. The van der Waals surface area contributed by atoms with E-state index >= 15 is 0 Å². The van der Waals surface area contributed by atoms with Crippen molar-refractivity contribution >= 4 is 17.1 Å². The number of carboxylic acids is 1. The molecule has 0 radical (unpaired) electrons. The molecule has 0 fully saturated rings. The van der Waals surface area contributed by atoms with Gasteiger partial charge in [0.15, 0.2) is 5.65 Å². The van der Waals surface area contributed by atoms with Crippen LogP contribution in [0.2, 0.25) is 0 Å². The Kier molecular flexibility index (Phi) is 3.49. The minimum absolute atomic E-state index is 0.0934. The lowest BCUT2D eigenvalue weighted by molar-refractivity contribution is -0.142. The van der Waals surface area contributed by atoms with Gasteiger partial charge in [0.25, 0.3) is 0 Å². The van der Waals surface area contributed by atoms with Crippen LogP contribution in [0.4, 0.5) is 0 Å². The first kappa shape index (κ1) is 13.8. The first-order valence-corrected chi connectivity index (χ1v) is 7.30. The zero-order chi connectivity index (χ0) is 15.0. The van der Waals surface area contributed by atoms with Crippen molar-refractivity contribution in [1.29, 1.82) is 0 Å². The van der Waals surface area contributed by atoms with Crippen LogP contribution in [0, 0.1) is 5.92 Å². The van der Waals surface area contributed by atoms with Crippen molar-refractivity contribution in [3.8, 4) is 0 Å². The summed E-state index contributed by atoms with van der Waals surface area (Å²) in [5.74, 6) is -0.413. The molecule has 2 aromatic heterocycles. The highest BCUT2D eigenvalue weighted by Crippen LogP contribution is 2.36. The van der Waals surface area contributed by atoms with E-state index in [0.717, 1.165) is 17.0 Å². The largest absolute Gasteiger partial charge is 0.481 e. The van der Waals surface area contributed by atoms with Gasteiger partial charge in [0, 0.05) is 18.2 Å². The van der Waals surface area contributed by atoms with E-state index in [1.165, 1.54) is 0 Å². The van der Waals surface area contributed by atoms with E-state index in [-0.39, 0.29) is 12.0 Å². The van der Waals surface area contributed by atoms with Crippen LogP contribution in [0.15, 0.2) is 30.5 Å². The number of fused-ring (bicyclic) bond motifs is 1. The van der Waals surface area contributed by atoms with E-state index in [1.807, 2.05) is 18.2 Å². The van der Waals surface area contributed by atoms with E-state index in [0.29, 0.717) is 12.8 Å². The van der Waals surface area contributed by atoms with E-state index in [9.17, 15) is 9.90 Å². The molecule has 2 atom stereocenters. The van der Waals surface area contributed by atoms with Gasteiger partial charge in [-0.2, -0.15) is 0 Å². The van der Waals surface area contributed by atoms with Gasteiger partial charge in [0.1, 0.15) is 11.3 Å². The molecule has 0 spiro atoms. The lowest BCUT2D eigenvalue weighted by Crippen LogP contribution is -2.26. The third-order valence-corrected chi connectivity index (χ3v) is 4.07. The summed E-state index contributed by atoms with van der Waals surface area (Å²) >= 11 is 0. The topological polar surface area (TPSA) is 68.0 Å². The second-order valence-corrected chi connectivity index (χ2v) is 5.77. The van der Waals surface area contributed by atoms with E-state index in [2.05, 4.69) is 29.5 Å². The molecule has 1 N–H and O–H groups in total. The molecular formula is C16H19N3O2. The number of imidazole rings is 1. The number of hydrogen-bond acceptors (Lipinski definition) is 3. The maximum Gasteiger partial charge on any atom is 0.307 e. The highest BCUT2D eigenvalue weighted by Gasteiger charge is 2.34. The van der Waals surface area contributed by atoms with E-state index in [4.69, 9.17) is 4.98 Å². The van der Waals surface area contributed by atoms with Crippen LogP contribution in [0.3, 0.4) is 0 Å². The summed E-state index contributed by atoms with van der Waals surface area (Å²) < 4.78 is 2.08. The molecule has 0 aromatic carbocycles. The van der Waals surface area contributed by atoms with Crippen molar-refractivity contribution in [3.05, 3.63) is 36.3 Å². The third kappa shape index (κ3) is 2.33. The fourth-order valence-corrected chi connectivity index (χ4v) is 3.09. The summed E-state index contributed by atoms with van der Waals surface area (Å²) in [6, 6.07) is 3.98. The first-order chi connectivity index (χ1) is 10.1. The van der Waals surface area contributed by atoms with Crippen LogP contribution in [0.25, 0.3) is 11.2 Å². The third-order valence-electron chi connectivity index (χ3n) is 4.07. The maximum atomic E-state index is 11.5. The van der Waals surface area contributed by atoms with Gasteiger partial charge in [-0.05, 0) is 38.8 Å². The SMILES string of the molecule is CC(C)n1c(C2CC=CCC2C(=O)O)nc2cccnc21. The van der Waals surface area contributed by atoms with Crippen LogP contribution in [0.1, 0.15) is 44.5 Å². The predicted molar refractivity (Wildman–Crippen MR) is 80.2 cm³/mol. The molecule has 5 nitrogen and oxygen atoms in total. The summed E-state index contributed by atoms with van der Waals surface area (Å²) in [6.45, 7) is 4.15. The average molecular weight is 285 g/mol. The number of aromatic nitrogens is 3. The molecule has 0 bridgehead atoms. The van der Waals surface area contributed by atoms with Crippen molar-refractivity contribution in [3.63, 3.8) is 0 Å². The summed E-state index contributed by atoms with van der Waals surface area (Å²) in [5.41, 5.74) is 1.67. The number of pyridine rings is 1. The summed E-state index contributed by atoms with van der Waals surface area (Å²) in [4.78, 5) is 20.7. The van der Waals surface area contributed by atoms with Crippen LogP contribution in [-0.2, 0) is 4.79 Å². The fourth-order valence-electron chi connectivity index (χ4n) is 3.09. The van der Waals surface area contributed by atoms with Crippen LogP contribution >= 0.6 is 0 Å². The lowest BCUT2D eigenvalue weighted by Gasteiger charge is -2.26. The average Bonchev–Trinajstić information content (AvgIpc) is 2.86. The highest BCUT2D eigenvalue weighted by molar-refractivity contribution is 5.74. The highest BCUT2D eigenvalue weighted by atomic mass is 16.4. The molecule has 21 heavy (non-hydrogen) atoms. The van der Waals surface area contributed by atoms with Crippen LogP contribution in [-0.4, -0.2) is 25.6 Å². The fraction of sp³-hybridized carbons (Fsp3) is 0.438. The molecule has 2 unspecified atom stereocenters. The van der Waals surface area contributed by atoms with Crippen molar-refractivity contribution in [2.24, 2.45) is 5.92 Å². The predicted octanol–water partition coefficient (Wildman–Crippen LogP) is 3.15. The Balaban J connectivity index is 2.16. The van der Waals surface area contributed by atoms with Crippen molar-refractivity contribution < 1.29 is 9.90 Å². The summed E-state index contributed by atoms with van der Waals surface area (Å²) in [7, 11) is 0. The molecule has 1 aliphatic carbocycles. The van der Waals surface area contributed by atoms with Crippen LogP contribution in [0.5, 0.6) is 0 Å². The Hall–Kier alpha value is -2.17. The normalized spacial score (nSPS) is 22.0. The zero-order valence-electron chi connectivity index (χ0n) is 12.2. The molecule has 0 saturated carbocycles. The van der Waals surface area contributed by atoms with Gasteiger partial charge in [-0.15, -0.1) is 0 Å². The monoisotopic (exact) mass is 285 g/mol. The summed E-state index contributed by atoms with van der Waals surface area (Å²) in [5, 5.41) is 9.49. The molecular weight excluding hydrogens is 266 g/mol.